The van der Waals surface area contributed by atoms with Crippen LogP contribution in [0.4, 0.5) is 0 Å². The van der Waals surface area contributed by atoms with Crippen LogP contribution in [0.25, 0.3) is 0 Å². The second-order valence-corrected chi connectivity index (χ2v) is 7.10. The number of nitrogens with zero attached hydrogens (tertiary/aromatic N) is 2. The predicted molar refractivity (Wildman–Crippen MR) is 106 cm³/mol. The molecule has 0 spiro atoms. The molecule has 0 unspecified atom stereocenters. The molecule has 1 heterocycles. The van der Waals surface area contributed by atoms with Gasteiger partial charge >= 0.3 is 0 Å². The number of carbonyl (C=O) groups is 1. The summed E-state index contributed by atoms with van der Waals surface area (Å²) in [6.07, 6.45) is 2.08. The normalized spacial score (nSPS) is 15.2. The molecule has 1 fully saturated rings. The van der Waals surface area contributed by atoms with Crippen molar-refractivity contribution in [1.82, 2.24) is 15.1 Å². The number of benzene rings is 2. The number of carbonyl (C=O) groups excluding carboxylic acids is 1. The number of hydrogen-bond donors (Lipinski definition) is 1. The average Bonchev–Trinajstić information content (AvgIpc) is 2.69. The van der Waals surface area contributed by atoms with Crippen molar-refractivity contribution in [2.45, 2.75) is 32.0 Å². The molecule has 0 saturated carbocycles. The monoisotopic (exact) mass is 351 g/mol. The van der Waals surface area contributed by atoms with Gasteiger partial charge in [-0.1, -0.05) is 60.7 Å². The fourth-order valence-electron chi connectivity index (χ4n) is 3.55. The molecule has 1 aliphatic heterocycles. The third-order valence-corrected chi connectivity index (χ3v) is 5.11. The third kappa shape index (κ3) is 5.41. The van der Waals surface area contributed by atoms with E-state index in [1.165, 1.54) is 11.1 Å². The van der Waals surface area contributed by atoms with Gasteiger partial charge in [0.25, 0.3) is 0 Å². The van der Waals surface area contributed by atoms with Gasteiger partial charge in [0.2, 0.25) is 5.91 Å². The molecule has 26 heavy (non-hydrogen) atoms. The van der Waals surface area contributed by atoms with Crippen LogP contribution in [0.2, 0.25) is 0 Å². The summed E-state index contributed by atoms with van der Waals surface area (Å²) in [7, 11) is 1.96. The summed E-state index contributed by atoms with van der Waals surface area (Å²) in [5, 5.41) is 3.37. The first kappa shape index (κ1) is 18.6. The van der Waals surface area contributed by atoms with E-state index in [4.69, 9.17) is 0 Å². The van der Waals surface area contributed by atoms with Crippen molar-refractivity contribution in [3.05, 3.63) is 71.8 Å². The molecule has 138 valence electrons. The fraction of sp³-hybridized carbons (Fsp3) is 0.409. The summed E-state index contributed by atoms with van der Waals surface area (Å²) >= 11 is 0. The Kier molecular flexibility index (Phi) is 6.81. The molecule has 1 aliphatic rings. The van der Waals surface area contributed by atoms with Gasteiger partial charge in [-0.3, -0.25) is 9.69 Å². The molecule has 3 rings (SSSR count). The van der Waals surface area contributed by atoms with E-state index in [1.807, 2.05) is 24.1 Å². The highest BCUT2D eigenvalue weighted by Gasteiger charge is 2.23. The van der Waals surface area contributed by atoms with Gasteiger partial charge in [-0.25, -0.2) is 0 Å². The standard InChI is InChI=1S/C22H29N3O/c1-24(21-12-14-23-15-13-21)22(26)18-25(16-19-8-4-2-5-9-19)17-20-10-6-3-7-11-20/h2-11,21,23H,12-18H2,1H3. The minimum absolute atomic E-state index is 0.212. The van der Waals surface area contributed by atoms with Gasteiger partial charge < -0.3 is 10.2 Å². The van der Waals surface area contributed by atoms with E-state index in [2.05, 4.69) is 58.7 Å². The lowest BCUT2D eigenvalue weighted by Crippen LogP contribution is -2.47. The Morgan fingerprint density at radius 1 is 0.923 bits per heavy atom. The highest BCUT2D eigenvalue weighted by atomic mass is 16.2. The zero-order valence-corrected chi connectivity index (χ0v) is 15.6. The van der Waals surface area contributed by atoms with Gasteiger partial charge in [0, 0.05) is 26.2 Å². The van der Waals surface area contributed by atoms with Crippen molar-refractivity contribution in [1.29, 1.82) is 0 Å². The van der Waals surface area contributed by atoms with Gasteiger partial charge in [-0.2, -0.15) is 0 Å². The SMILES string of the molecule is CN(C(=O)CN(Cc1ccccc1)Cc1ccccc1)C1CCNCC1. The van der Waals surface area contributed by atoms with E-state index in [0.717, 1.165) is 39.0 Å². The van der Waals surface area contributed by atoms with E-state index in [1.54, 1.807) is 0 Å². The smallest absolute Gasteiger partial charge is 0.236 e. The molecule has 0 aliphatic carbocycles. The van der Waals surface area contributed by atoms with E-state index in [0.29, 0.717) is 12.6 Å². The van der Waals surface area contributed by atoms with Gasteiger partial charge in [0.15, 0.2) is 0 Å². The quantitative estimate of drug-likeness (QED) is 0.833. The summed E-state index contributed by atoms with van der Waals surface area (Å²) in [5.41, 5.74) is 2.47. The first-order valence-corrected chi connectivity index (χ1v) is 9.49. The Labute approximate surface area is 156 Å². The first-order chi connectivity index (χ1) is 12.7. The van der Waals surface area contributed by atoms with Gasteiger partial charge in [-0.15, -0.1) is 0 Å². The summed E-state index contributed by atoms with van der Waals surface area (Å²) in [4.78, 5) is 17.1. The van der Waals surface area contributed by atoms with Crippen LogP contribution >= 0.6 is 0 Å². The summed E-state index contributed by atoms with van der Waals surface area (Å²) in [6, 6.07) is 21.1. The number of piperidine rings is 1. The minimum atomic E-state index is 0.212. The van der Waals surface area contributed by atoms with E-state index >= 15 is 0 Å². The summed E-state index contributed by atoms with van der Waals surface area (Å²) in [6.45, 7) is 4.01. The largest absolute Gasteiger partial charge is 0.342 e. The number of nitrogens with one attached hydrogen (secondary N) is 1. The van der Waals surface area contributed by atoms with Crippen LogP contribution in [-0.2, 0) is 17.9 Å². The lowest BCUT2D eigenvalue weighted by molar-refractivity contribution is -0.134. The molecule has 4 nitrogen and oxygen atoms in total. The highest BCUT2D eigenvalue weighted by Crippen LogP contribution is 2.13. The number of rotatable bonds is 7. The zero-order valence-electron chi connectivity index (χ0n) is 15.6. The average molecular weight is 351 g/mol. The number of likely N-dealkylation sites (N-methyl/N-ethyl adjacent to an activating group) is 1. The molecule has 2 aromatic carbocycles. The van der Waals surface area contributed by atoms with Gasteiger partial charge in [0.1, 0.15) is 0 Å². The second-order valence-electron chi connectivity index (χ2n) is 7.10. The van der Waals surface area contributed by atoms with Crippen LogP contribution in [-0.4, -0.2) is 48.4 Å². The zero-order chi connectivity index (χ0) is 18.2. The number of hydrogen-bond acceptors (Lipinski definition) is 3. The molecule has 0 bridgehead atoms. The molecule has 0 atom stereocenters. The maximum Gasteiger partial charge on any atom is 0.236 e. The van der Waals surface area contributed by atoms with Crippen molar-refractivity contribution < 1.29 is 4.79 Å². The maximum absolute atomic E-state index is 12.9. The summed E-state index contributed by atoms with van der Waals surface area (Å²) in [5.74, 6) is 0.212. The van der Waals surface area contributed by atoms with Crippen molar-refractivity contribution in [2.24, 2.45) is 0 Å². The van der Waals surface area contributed by atoms with E-state index < -0.39 is 0 Å². The van der Waals surface area contributed by atoms with Crippen LogP contribution in [0, 0.1) is 0 Å². The van der Waals surface area contributed by atoms with Crippen LogP contribution in [0.3, 0.4) is 0 Å². The van der Waals surface area contributed by atoms with Crippen LogP contribution < -0.4 is 5.32 Å². The predicted octanol–water partition coefficient (Wildman–Crippen LogP) is 2.90. The molecular weight excluding hydrogens is 322 g/mol. The molecule has 2 aromatic rings. The molecule has 1 saturated heterocycles. The van der Waals surface area contributed by atoms with Crippen molar-refractivity contribution in [2.75, 3.05) is 26.7 Å². The molecule has 0 radical (unpaired) electrons. The Hall–Kier alpha value is -2.17. The van der Waals surface area contributed by atoms with Crippen LogP contribution in [0.15, 0.2) is 60.7 Å². The lowest BCUT2D eigenvalue weighted by Gasteiger charge is -2.33. The lowest BCUT2D eigenvalue weighted by atomic mass is 10.1. The van der Waals surface area contributed by atoms with Gasteiger partial charge in [-0.05, 0) is 37.1 Å². The van der Waals surface area contributed by atoms with E-state index in [9.17, 15) is 4.79 Å². The van der Waals surface area contributed by atoms with Crippen LogP contribution in [0.5, 0.6) is 0 Å². The molecule has 1 N–H and O–H groups in total. The molecule has 0 aromatic heterocycles. The Morgan fingerprint density at radius 3 is 1.92 bits per heavy atom. The third-order valence-electron chi connectivity index (χ3n) is 5.11. The van der Waals surface area contributed by atoms with Crippen molar-refractivity contribution in [3.8, 4) is 0 Å². The number of amides is 1. The molecule has 4 heteroatoms. The maximum atomic E-state index is 12.9. The Morgan fingerprint density at radius 2 is 1.42 bits per heavy atom. The molecule has 1 amide bonds. The van der Waals surface area contributed by atoms with Crippen molar-refractivity contribution in [3.63, 3.8) is 0 Å². The topological polar surface area (TPSA) is 35.6 Å². The first-order valence-electron chi connectivity index (χ1n) is 9.49. The Bertz CT molecular complexity index is 627. The second kappa shape index (κ2) is 9.51. The van der Waals surface area contributed by atoms with Crippen molar-refractivity contribution >= 4 is 5.91 Å². The van der Waals surface area contributed by atoms with Crippen LogP contribution in [0.1, 0.15) is 24.0 Å². The molecular formula is C22H29N3O. The highest BCUT2D eigenvalue weighted by molar-refractivity contribution is 5.78. The Balaban J connectivity index is 1.66. The van der Waals surface area contributed by atoms with E-state index in [-0.39, 0.29) is 5.91 Å². The van der Waals surface area contributed by atoms with Gasteiger partial charge in [0.05, 0.1) is 6.54 Å². The minimum Gasteiger partial charge on any atom is -0.342 e. The summed E-state index contributed by atoms with van der Waals surface area (Å²) < 4.78 is 0. The fourth-order valence-corrected chi connectivity index (χ4v) is 3.55.